The number of alkyl carbamates (subject to hydrolysis) is 1. The first-order valence-electron chi connectivity index (χ1n) is 11.5. The van der Waals surface area contributed by atoms with E-state index in [0.29, 0.717) is 16.1 Å². The van der Waals surface area contributed by atoms with E-state index < -0.39 is 5.60 Å². The molecule has 0 aromatic heterocycles. The van der Waals surface area contributed by atoms with Crippen LogP contribution in [-0.4, -0.2) is 54.9 Å². The van der Waals surface area contributed by atoms with E-state index in [1.54, 1.807) is 0 Å². The summed E-state index contributed by atoms with van der Waals surface area (Å²) < 4.78 is 5.38. The van der Waals surface area contributed by atoms with Gasteiger partial charge in [-0.25, -0.2) is 4.79 Å². The Balaban J connectivity index is 1.38. The molecule has 2 aliphatic rings. The highest BCUT2D eigenvalue weighted by Crippen LogP contribution is 2.34. The number of piperazine rings is 1. The monoisotopic (exact) mass is 469 g/mol. The average Bonchev–Trinajstić information content (AvgIpc) is 2.68. The summed E-state index contributed by atoms with van der Waals surface area (Å²) in [7, 11) is 0. The van der Waals surface area contributed by atoms with Crippen LogP contribution in [0.25, 0.3) is 0 Å². The second kappa shape index (κ2) is 10.6. The van der Waals surface area contributed by atoms with Crippen LogP contribution >= 0.6 is 23.2 Å². The SMILES string of the molecule is C[C@@H]1CN(CC[C@H]2CC[C@H](NC(=O)OC(C)(C)C)CC2)CCN1c1cccc(Cl)c1Cl. The Morgan fingerprint density at radius 3 is 2.52 bits per heavy atom. The minimum absolute atomic E-state index is 0.247. The van der Waals surface area contributed by atoms with Crippen LogP contribution in [0.1, 0.15) is 59.8 Å². The van der Waals surface area contributed by atoms with Crippen LogP contribution in [0, 0.1) is 5.92 Å². The number of benzene rings is 1. The third kappa shape index (κ3) is 7.16. The Labute approximate surface area is 197 Å². The molecule has 3 rings (SSSR count). The summed E-state index contributed by atoms with van der Waals surface area (Å²) in [5, 5.41) is 4.31. The first-order chi connectivity index (χ1) is 14.6. The Kier molecular flexibility index (Phi) is 8.39. The number of carbonyl (C=O) groups is 1. The molecule has 1 heterocycles. The maximum Gasteiger partial charge on any atom is 0.407 e. The maximum absolute atomic E-state index is 12.0. The van der Waals surface area contributed by atoms with Crippen LogP contribution in [0.5, 0.6) is 0 Å². The topological polar surface area (TPSA) is 44.8 Å². The van der Waals surface area contributed by atoms with Crippen molar-refractivity contribution in [2.24, 2.45) is 5.92 Å². The number of nitrogens with zero attached hydrogens (tertiary/aromatic N) is 2. The lowest BCUT2D eigenvalue weighted by Crippen LogP contribution is -2.52. The molecule has 1 saturated carbocycles. The Morgan fingerprint density at radius 1 is 1.16 bits per heavy atom. The van der Waals surface area contributed by atoms with Crippen molar-refractivity contribution in [1.29, 1.82) is 0 Å². The molecule has 5 nitrogen and oxygen atoms in total. The number of rotatable bonds is 5. The molecule has 174 valence electrons. The number of nitrogens with one attached hydrogen (secondary N) is 1. The molecule has 1 aromatic rings. The van der Waals surface area contributed by atoms with E-state index in [1.807, 2.05) is 32.9 Å². The minimum Gasteiger partial charge on any atom is -0.444 e. The van der Waals surface area contributed by atoms with E-state index in [9.17, 15) is 4.79 Å². The third-order valence-corrected chi connectivity index (χ3v) is 7.18. The lowest BCUT2D eigenvalue weighted by molar-refractivity contribution is 0.0485. The van der Waals surface area contributed by atoms with Crippen LogP contribution in [0.15, 0.2) is 18.2 Å². The summed E-state index contributed by atoms with van der Waals surface area (Å²) in [6, 6.07) is 6.52. The van der Waals surface area contributed by atoms with Gasteiger partial charge >= 0.3 is 6.09 Å². The van der Waals surface area contributed by atoms with Gasteiger partial charge < -0.3 is 15.0 Å². The molecular weight excluding hydrogens is 433 g/mol. The number of hydrogen-bond acceptors (Lipinski definition) is 4. The quantitative estimate of drug-likeness (QED) is 0.575. The number of hydrogen-bond donors (Lipinski definition) is 1. The predicted molar refractivity (Wildman–Crippen MR) is 129 cm³/mol. The van der Waals surface area contributed by atoms with Gasteiger partial charge in [0.1, 0.15) is 5.60 Å². The van der Waals surface area contributed by atoms with Crippen molar-refractivity contribution >= 4 is 35.0 Å². The van der Waals surface area contributed by atoms with Crippen molar-refractivity contribution in [3.8, 4) is 0 Å². The van der Waals surface area contributed by atoms with Gasteiger partial charge in [-0.2, -0.15) is 0 Å². The molecule has 0 bridgehead atoms. The van der Waals surface area contributed by atoms with Crippen LogP contribution in [0.3, 0.4) is 0 Å². The van der Waals surface area contributed by atoms with Crippen molar-refractivity contribution in [3.63, 3.8) is 0 Å². The summed E-state index contributed by atoms with van der Waals surface area (Å²) in [5.41, 5.74) is 0.595. The predicted octanol–water partition coefficient (Wildman–Crippen LogP) is 5.98. The third-order valence-electron chi connectivity index (χ3n) is 6.37. The summed E-state index contributed by atoms with van der Waals surface area (Å²) >= 11 is 12.7. The molecule has 31 heavy (non-hydrogen) atoms. The van der Waals surface area contributed by atoms with E-state index in [1.165, 1.54) is 19.3 Å². The Hall–Kier alpha value is -1.17. The molecule has 1 aromatic carbocycles. The zero-order chi connectivity index (χ0) is 22.6. The van der Waals surface area contributed by atoms with Crippen molar-refractivity contribution in [2.45, 2.75) is 77.5 Å². The smallest absolute Gasteiger partial charge is 0.407 e. The second-order valence-electron chi connectivity index (χ2n) is 10.1. The van der Waals surface area contributed by atoms with E-state index in [0.717, 1.165) is 50.6 Å². The van der Waals surface area contributed by atoms with Gasteiger partial charge in [0.05, 0.1) is 15.7 Å². The number of anilines is 1. The molecule has 1 saturated heterocycles. The highest BCUT2D eigenvalue weighted by molar-refractivity contribution is 6.43. The number of carbonyl (C=O) groups excluding carboxylic acids is 1. The van der Waals surface area contributed by atoms with Crippen molar-refractivity contribution < 1.29 is 9.53 Å². The standard InChI is InChI=1S/C24H37Cl2N3O2/c1-17-16-28(14-15-29(17)21-7-5-6-20(25)22(21)26)13-12-18-8-10-19(11-9-18)27-23(30)31-24(2,3)4/h5-7,17-19H,8-16H2,1-4H3,(H,27,30)/t17-,18-,19-/m1/s1. The Bertz CT molecular complexity index is 745. The maximum atomic E-state index is 12.0. The molecular formula is C24H37Cl2N3O2. The van der Waals surface area contributed by atoms with Gasteiger partial charge in [0.25, 0.3) is 0 Å². The molecule has 7 heteroatoms. The van der Waals surface area contributed by atoms with Crippen LogP contribution < -0.4 is 10.2 Å². The molecule has 2 fully saturated rings. The molecule has 1 N–H and O–H groups in total. The summed E-state index contributed by atoms with van der Waals surface area (Å²) in [6.45, 7) is 12.1. The van der Waals surface area contributed by atoms with Crippen LogP contribution in [0.4, 0.5) is 10.5 Å². The molecule has 0 unspecified atom stereocenters. The first-order valence-corrected chi connectivity index (χ1v) is 12.3. The fraction of sp³-hybridized carbons (Fsp3) is 0.708. The van der Waals surface area contributed by atoms with Gasteiger partial charge in [-0.05, 0) is 84.4 Å². The lowest BCUT2D eigenvalue weighted by Gasteiger charge is -2.42. The van der Waals surface area contributed by atoms with Gasteiger partial charge in [0.2, 0.25) is 0 Å². The Morgan fingerprint density at radius 2 is 1.87 bits per heavy atom. The largest absolute Gasteiger partial charge is 0.444 e. The lowest BCUT2D eigenvalue weighted by atomic mass is 9.84. The molecule has 1 aliphatic carbocycles. The van der Waals surface area contributed by atoms with Gasteiger partial charge in [-0.3, -0.25) is 4.90 Å². The van der Waals surface area contributed by atoms with Crippen molar-refractivity contribution in [2.75, 3.05) is 31.1 Å². The fourth-order valence-corrected chi connectivity index (χ4v) is 5.15. The summed E-state index contributed by atoms with van der Waals surface area (Å²) in [5.74, 6) is 0.743. The van der Waals surface area contributed by atoms with E-state index in [-0.39, 0.29) is 12.1 Å². The zero-order valence-electron chi connectivity index (χ0n) is 19.3. The molecule has 0 radical (unpaired) electrons. The van der Waals surface area contributed by atoms with E-state index in [4.69, 9.17) is 27.9 Å². The number of ether oxygens (including phenoxy) is 1. The number of halogens is 2. The van der Waals surface area contributed by atoms with Crippen LogP contribution in [0.2, 0.25) is 10.0 Å². The molecule has 1 aliphatic heterocycles. The first kappa shape index (κ1) is 24.5. The molecule has 1 amide bonds. The average molecular weight is 470 g/mol. The van der Waals surface area contributed by atoms with Gasteiger partial charge in [0, 0.05) is 31.7 Å². The van der Waals surface area contributed by atoms with Gasteiger partial charge in [0.15, 0.2) is 0 Å². The van der Waals surface area contributed by atoms with Crippen molar-refractivity contribution in [3.05, 3.63) is 28.2 Å². The minimum atomic E-state index is -0.444. The number of amides is 1. The highest BCUT2D eigenvalue weighted by atomic mass is 35.5. The zero-order valence-corrected chi connectivity index (χ0v) is 20.8. The van der Waals surface area contributed by atoms with E-state index in [2.05, 4.69) is 28.1 Å². The van der Waals surface area contributed by atoms with Crippen molar-refractivity contribution in [1.82, 2.24) is 10.2 Å². The fourth-order valence-electron chi connectivity index (χ4n) is 4.74. The second-order valence-corrected chi connectivity index (χ2v) is 10.9. The van der Waals surface area contributed by atoms with Gasteiger partial charge in [-0.15, -0.1) is 0 Å². The summed E-state index contributed by atoms with van der Waals surface area (Å²) in [6.07, 6.45) is 5.37. The molecule has 1 atom stereocenters. The summed E-state index contributed by atoms with van der Waals surface area (Å²) in [4.78, 5) is 16.9. The normalized spacial score (nSPS) is 25.4. The van der Waals surface area contributed by atoms with Gasteiger partial charge in [-0.1, -0.05) is 29.3 Å². The molecule has 0 spiro atoms. The van der Waals surface area contributed by atoms with E-state index >= 15 is 0 Å². The highest BCUT2D eigenvalue weighted by Gasteiger charge is 2.28. The van der Waals surface area contributed by atoms with Crippen LogP contribution in [-0.2, 0) is 4.74 Å².